The number of hydrogen-bond acceptors (Lipinski definition) is 0. The van der Waals surface area contributed by atoms with Crippen LogP contribution in [0.1, 0.15) is 18.2 Å². The Kier molecular flexibility index (Phi) is 3.92. The Balaban J connectivity index is 1.75. The van der Waals surface area contributed by atoms with E-state index in [1.807, 2.05) is 0 Å². The van der Waals surface area contributed by atoms with E-state index < -0.39 is 0 Å². The van der Waals surface area contributed by atoms with E-state index in [2.05, 4.69) is 125 Å². The molecule has 0 saturated carbocycles. The van der Waals surface area contributed by atoms with Crippen molar-refractivity contribution in [3.8, 4) is 11.4 Å². The Hall–Kier alpha value is -4.04. The molecular formula is C31H24N2. The van der Waals surface area contributed by atoms with Crippen LogP contribution in [-0.2, 0) is 6.42 Å². The second kappa shape index (κ2) is 6.98. The van der Waals surface area contributed by atoms with Crippen LogP contribution in [0.4, 0.5) is 0 Å². The number of hydrogen-bond donors (Lipinski definition) is 0. The first-order valence-electron chi connectivity index (χ1n) is 11.7. The lowest BCUT2D eigenvalue weighted by Crippen LogP contribution is -2.05. The second-order valence-electron chi connectivity index (χ2n) is 9.12. The number of aromatic nitrogens is 2. The summed E-state index contributed by atoms with van der Waals surface area (Å²) in [4.78, 5) is 0. The van der Waals surface area contributed by atoms with Gasteiger partial charge in [-0.15, -0.1) is 0 Å². The largest absolute Gasteiger partial charge is 0.308 e. The molecule has 158 valence electrons. The Bertz CT molecular complexity index is 1680. The van der Waals surface area contributed by atoms with E-state index in [0.29, 0.717) is 5.92 Å². The smallest absolute Gasteiger partial charge is 0.0788 e. The predicted octanol–water partition coefficient (Wildman–Crippen LogP) is 7.93. The lowest BCUT2D eigenvalue weighted by Gasteiger charge is -2.15. The molecule has 4 aromatic carbocycles. The van der Waals surface area contributed by atoms with E-state index in [0.717, 1.165) is 6.42 Å². The number of rotatable bonds is 2. The van der Waals surface area contributed by atoms with E-state index in [4.69, 9.17) is 0 Å². The maximum Gasteiger partial charge on any atom is 0.0788 e. The Morgan fingerprint density at radius 1 is 0.606 bits per heavy atom. The summed E-state index contributed by atoms with van der Waals surface area (Å²) in [6.07, 6.45) is 5.75. The van der Waals surface area contributed by atoms with Gasteiger partial charge in [-0.1, -0.05) is 79.7 Å². The van der Waals surface area contributed by atoms with Crippen molar-refractivity contribution in [2.75, 3.05) is 0 Å². The van der Waals surface area contributed by atoms with Gasteiger partial charge < -0.3 is 9.13 Å². The SMILES string of the molecule is CC1C=Cc2c(c3ccc4c5ccccc5n(-c5ccccc5)c4c3n2-c2ccccc2)C1. The van der Waals surface area contributed by atoms with Crippen molar-refractivity contribution >= 4 is 38.8 Å². The molecule has 2 heterocycles. The zero-order valence-electron chi connectivity index (χ0n) is 18.6. The monoisotopic (exact) mass is 424 g/mol. The van der Waals surface area contributed by atoms with Gasteiger partial charge >= 0.3 is 0 Å². The number of para-hydroxylation sites is 3. The lowest BCUT2D eigenvalue weighted by atomic mass is 9.93. The molecule has 6 aromatic rings. The van der Waals surface area contributed by atoms with Crippen molar-refractivity contribution in [3.05, 3.63) is 114 Å². The third kappa shape index (κ3) is 2.61. The van der Waals surface area contributed by atoms with Gasteiger partial charge in [0.15, 0.2) is 0 Å². The summed E-state index contributed by atoms with van der Waals surface area (Å²) in [6, 6.07) is 35.0. The van der Waals surface area contributed by atoms with E-state index in [1.165, 1.54) is 55.3 Å². The molecule has 0 bridgehead atoms. The number of fused-ring (bicyclic) bond motifs is 7. The molecule has 33 heavy (non-hydrogen) atoms. The van der Waals surface area contributed by atoms with Gasteiger partial charge in [0.2, 0.25) is 0 Å². The highest BCUT2D eigenvalue weighted by atomic mass is 15.0. The van der Waals surface area contributed by atoms with Gasteiger partial charge in [-0.05, 0) is 54.3 Å². The third-order valence-corrected chi connectivity index (χ3v) is 7.05. The van der Waals surface area contributed by atoms with E-state index in [-0.39, 0.29) is 0 Å². The Morgan fingerprint density at radius 2 is 1.21 bits per heavy atom. The lowest BCUT2D eigenvalue weighted by molar-refractivity contribution is 0.718. The summed E-state index contributed by atoms with van der Waals surface area (Å²) in [5, 5.41) is 3.95. The molecule has 0 spiro atoms. The van der Waals surface area contributed by atoms with Gasteiger partial charge in [-0.2, -0.15) is 0 Å². The van der Waals surface area contributed by atoms with Crippen molar-refractivity contribution in [1.82, 2.24) is 9.13 Å². The zero-order chi connectivity index (χ0) is 21.9. The molecule has 1 atom stereocenters. The van der Waals surface area contributed by atoms with Gasteiger partial charge in [0, 0.05) is 33.2 Å². The summed E-state index contributed by atoms with van der Waals surface area (Å²) in [6.45, 7) is 2.31. The molecule has 2 aromatic heterocycles. The van der Waals surface area contributed by atoms with Crippen LogP contribution in [0.2, 0.25) is 0 Å². The van der Waals surface area contributed by atoms with Crippen LogP contribution >= 0.6 is 0 Å². The summed E-state index contributed by atoms with van der Waals surface area (Å²) < 4.78 is 4.93. The fourth-order valence-corrected chi connectivity index (χ4v) is 5.63. The normalized spacial score (nSPS) is 15.5. The standard InChI is InChI=1S/C31H24N2/c1-21-16-19-29-27(20-21)26-18-17-25-24-14-8-9-15-28(24)32(22-10-4-2-5-11-22)30(25)31(26)33(29)23-12-6-3-7-13-23/h2-19,21H,20H2,1H3. The molecule has 7 rings (SSSR count). The highest BCUT2D eigenvalue weighted by Crippen LogP contribution is 2.42. The Labute approximate surface area is 193 Å². The van der Waals surface area contributed by atoms with Gasteiger partial charge in [0.05, 0.1) is 16.6 Å². The molecule has 0 radical (unpaired) electrons. The van der Waals surface area contributed by atoms with Crippen molar-refractivity contribution < 1.29 is 0 Å². The van der Waals surface area contributed by atoms with Crippen molar-refractivity contribution in [2.24, 2.45) is 5.92 Å². The van der Waals surface area contributed by atoms with Crippen molar-refractivity contribution in [2.45, 2.75) is 13.3 Å². The summed E-state index contributed by atoms with van der Waals surface area (Å²) in [5.41, 5.74) is 8.98. The minimum atomic E-state index is 0.544. The predicted molar refractivity (Wildman–Crippen MR) is 140 cm³/mol. The average molecular weight is 425 g/mol. The minimum Gasteiger partial charge on any atom is -0.308 e. The summed E-state index contributed by atoms with van der Waals surface area (Å²) in [5.74, 6) is 0.544. The molecule has 1 aliphatic rings. The quantitative estimate of drug-likeness (QED) is 0.267. The molecule has 0 aliphatic heterocycles. The van der Waals surface area contributed by atoms with E-state index in [1.54, 1.807) is 0 Å². The molecule has 2 heteroatoms. The van der Waals surface area contributed by atoms with Crippen LogP contribution in [0, 0.1) is 5.92 Å². The zero-order valence-corrected chi connectivity index (χ0v) is 18.6. The van der Waals surface area contributed by atoms with E-state index in [9.17, 15) is 0 Å². The summed E-state index contributed by atoms with van der Waals surface area (Å²) >= 11 is 0. The molecule has 2 nitrogen and oxygen atoms in total. The first-order chi connectivity index (χ1) is 16.3. The van der Waals surface area contributed by atoms with Crippen molar-refractivity contribution in [3.63, 3.8) is 0 Å². The van der Waals surface area contributed by atoms with Crippen LogP contribution in [0.3, 0.4) is 0 Å². The second-order valence-corrected chi connectivity index (χ2v) is 9.12. The van der Waals surface area contributed by atoms with Crippen LogP contribution < -0.4 is 0 Å². The van der Waals surface area contributed by atoms with Gasteiger partial charge in [-0.25, -0.2) is 0 Å². The first-order valence-corrected chi connectivity index (χ1v) is 11.7. The van der Waals surface area contributed by atoms with Crippen LogP contribution in [0.15, 0.2) is 103 Å². The molecule has 1 aliphatic carbocycles. The maximum atomic E-state index is 2.48. The molecule has 0 saturated heterocycles. The fraction of sp³-hybridized carbons (Fsp3) is 0.0968. The minimum absolute atomic E-state index is 0.544. The molecule has 0 N–H and O–H groups in total. The highest BCUT2D eigenvalue weighted by Gasteiger charge is 2.25. The fourth-order valence-electron chi connectivity index (χ4n) is 5.63. The summed E-state index contributed by atoms with van der Waals surface area (Å²) in [7, 11) is 0. The average Bonchev–Trinajstić information content (AvgIpc) is 3.38. The van der Waals surface area contributed by atoms with Crippen LogP contribution in [-0.4, -0.2) is 9.13 Å². The number of benzene rings is 4. The van der Waals surface area contributed by atoms with E-state index >= 15 is 0 Å². The molecular weight excluding hydrogens is 400 g/mol. The van der Waals surface area contributed by atoms with Gasteiger partial charge in [0.1, 0.15) is 0 Å². The first kappa shape index (κ1) is 18.5. The van der Waals surface area contributed by atoms with Crippen LogP contribution in [0.25, 0.3) is 50.2 Å². The van der Waals surface area contributed by atoms with Crippen molar-refractivity contribution in [1.29, 1.82) is 0 Å². The molecule has 1 unspecified atom stereocenters. The van der Waals surface area contributed by atoms with Gasteiger partial charge in [0.25, 0.3) is 0 Å². The molecule has 0 fully saturated rings. The third-order valence-electron chi connectivity index (χ3n) is 7.05. The van der Waals surface area contributed by atoms with Gasteiger partial charge in [-0.3, -0.25) is 0 Å². The highest BCUT2D eigenvalue weighted by molar-refractivity contribution is 6.19. The van der Waals surface area contributed by atoms with Crippen LogP contribution in [0.5, 0.6) is 0 Å². The maximum absolute atomic E-state index is 2.48. The number of nitrogens with zero attached hydrogens (tertiary/aromatic N) is 2. The number of allylic oxidation sites excluding steroid dienone is 1. The Morgan fingerprint density at radius 3 is 1.97 bits per heavy atom. The molecule has 0 amide bonds. The topological polar surface area (TPSA) is 9.86 Å².